The van der Waals surface area contributed by atoms with E-state index in [4.69, 9.17) is 16.3 Å². The smallest absolute Gasteiger partial charge is 0.198 e. The molecule has 3 rings (SSSR count). The summed E-state index contributed by atoms with van der Waals surface area (Å²) in [6.45, 7) is 0. The lowest BCUT2D eigenvalue weighted by Crippen LogP contribution is -2.10. The van der Waals surface area contributed by atoms with Gasteiger partial charge in [-0.05, 0) is 18.2 Å². The number of anilines is 1. The Labute approximate surface area is 98.8 Å². The van der Waals surface area contributed by atoms with Gasteiger partial charge < -0.3 is 10.1 Å². The molecule has 2 aromatic rings. The molecule has 0 radical (unpaired) electrons. The monoisotopic (exact) mass is 231 g/mol. The minimum atomic E-state index is -0.189. The molecular weight excluding hydrogens is 222 g/mol. The second-order valence-corrected chi connectivity index (χ2v) is 4.07. The normalized spacial score (nSPS) is 17.4. The van der Waals surface area contributed by atoms with Crippen molar-refractivity contribution < 1.29 is 4.74 Å². The second-order valence-electron chi connectivity index (χ2n) is 3.66. The summed E-state index contributed by atoms with van der Waals surface area (Å²) in [5.41, 5.74) is 1.97. The highest BCUT2D eigenvalue weighted by molar-refractivity contribution is 6.31. The van der Waals surface area contributed by atoms with Gasteiger partial charge in [-0.3, -0.25) is 0 Å². The molecule has 0 aromatic heterocycles. The Bertz CT molecular complexity index is 502. The minimum absolute atomic E-state index is 0.189. The summed E-state index contributed by atoms with van der Waals surface area (Å²) in [5.74, 6) is 0.868. The molecule has 0 aliphatic carbocycles. The van der Waals surface area contributed by atoms with Crippen LogP contribution in [-0.2, 0) is 0 Å². The molecule has 1 aliphatic rings. The van der Waals surface area contributed by atoms with E-state index < -0.39 is 0 Å². The van der Waals surface area contributed by atoms with E-state index in [1.54, 1.807) is 0 Å². The summed E-state index contributed by atoms with van der Waals surface area (Å²) in [6, 6.07) is 15.6. The first-order valence-corrected chi connectivity index (χ1v) is 5.49. The first kappa shape index (κ1) is 9.55. The minimum Gasteiger partial charge on any atom is -0.464 e. The van der Waals surface area contributed by atoms with Gasteiger partial charge in [0.2, 0.25) is 0 Å². The maximum Gasteiger partial charge on any atom is 0.198 e. The van der Waals surface area contributed by atoms with Crippen LogP contribution in [0.1, 0.15) is 11.8 Å². The fourth-order valence-corrected chi connectivity index (χ4v) is 2.05. The Morgan fingerprint density at radius 1 is 1.00 bits per heavy atom. The maximum absolute atomic E-state index is 6.13. The van der Waals surface area contributed by atoms with E-state index in [-0.39, 0.29) is 6.23 Å². The van der Waals surface area contributed by atoms with Gasteiger partial charge in [-0.15, -0.1) is 0 Å². The third-order valence-corrected chi connectivity index (χ3v) is 2.95. The Morgan fingerprint density at radius 3 is 2.56 bits per heavy atom. The van der Waals surface area contributed by atoms with E-state index >= 15 is 0 Å². The number of hydrogen-bond donors (Lipinski definition) is 1. The van der Waals surface area contributed by atoms with Gasteiger partial charge in [0.1, 0.15) is 5.75 Å². The average molecular weight is 232 g/mol. The SMILES string of the molecule is Clc1ccccc1[C@@H]1Nc2ccccc2O1. The zero-order chi connectivity index (χ0) is 11.0. The van der Waals surface area contributed by atoms with Gasteiger partial charge in [0.15, 0.2) is 6.23 Å². The number of nitrogens with one attached hydrogen (secondary N) is 1. The average Bonchev–Trinajstić information content (AvgIpc) is 2.73. The van der Waals surface area contributed by atoms with Gasteiger partial charge in [0.05, 0.1) is 5.69 Å². The van der Waals surface area contributed by atoms with Crippen molar-refractivity contribution in [2.75, 3.05) is 5.32 Å². The maximum atomic E-state index is 6.13. The number of fused-ring (bicyclic) bond motifs is 1. The quantitative estimate of drug-likeness (QED) is 0.805. The van der Waals surface area contributed by atoms with E-state index in [1.807, 2.05) is 48.5 Å². The molecular formula is C13H10ClNO. The molecule has 1 N–H and O–H groups in total. The van der Waals surface area contributed by atoms with Crippen LogP contribution in [0, 0.1) is 0 Å². The predicted octanol–water partition coefficient (Wildman–Crippen LogP) is 3.84. The standard InChI is InChI=1S/C13H10ClNO/c14-10-6-2-1-5-9(10)13-15-11-7-3-4-8-12(11)16-13/h1-8,13,15H/t13-/m1/s1. The van der Waals surface area contributed by atoms with Gasteiger partial charge in [0, 0.05) is 10.6 Å². The number of benzene rings is 2. The van der Waals surface area contributed by atoms with Gasteiger partial charge in [-0.25, -0.2) is 0 Å². The molecule has 0 spiro atoms. The van der Waals surface area contributed by atoms with Gasteiger partial charge in [-0.2, -0.15) is 0 Å². The summed E-state index contributed by atoms with van der Waals surface area (Å²) in [5, 5.41) is 4.00. The van der Waals surface area contributed by atoms with Crippen LogP contribution in [0.3, 0.4) is 0 Å². The van der Waals surface area contributed by atoms with E-state index in [1.165, 1.54) is 0 Å². The highest BCUT2D eigenvalue weighted by Gasteiger charge is 2.24. The van der Waals surface area contributed by atoms with Crippen LogP contribution >= 0.6 is 11.6 Å². The fraction of sp³-hybridized carbons (Fsp3) is 0.0769. The largest absolute Gasteiger partial charge is 0.464 e. The first-order valence-electron chi connectivity index (χ1n) is 5.11. The molecule has 0 bridgehead atoms. The van der Waals surface area contributed by atoms with Gasteiger partial charge in [-0.1, -0.05) is 41.9 Å². The van der Waals surface area contributed by atoms with E-state index in [0.29, 0.717) is 5.02 Å². The van der Waals surface area contributed by atoms with Crippen LogP contribution in [0.25, 0.3) is 0 Å². The molecule has 0 saturated carbocycles. The Morgan fingerprint density at radius 2 is 1.75 bits per heavy atom. The molecule has 0 amide bonds. The summed E-state index contributed by atoms with van der Waals surface area (Å²) < 4.78 is 5.78. The van der Waals surface area contributed by atoms with Gasteiger partial charge in [0.25, 0.3) is 0 Å². The summed E-state index contributed by atoms with van der Waals surface area (Å²) in [4.78, 5) is 0. The van der Waals surface area contributed by atoms with Crippen LogP contribution in [0.15, 0.2) is 48.5 Å². The molecule has 1 aliphatic heterocycles. The lowest BCUT2D eigenvalue weighted by molar-refractivity contribution is 0.260. The van der Waals surface area contributed by atoms with Crippen LogP contribution < -0.4 is 10.1 Å². The van der Waals surface area contributed by atoms with Crippen molar-refractivity contribution in [2.45, 2.75) is 6.23 Å². The zero-order valence-corrected chi connectivity index (χ0v) is 9.24. The van der Waals surface area contributed by atoms with Crippen molar-refractivity contribution in [1.29, 1.82) is 0 Å². The number of halogens is 1. The molecule has 16 heavy (non-hydrogen) atoms. The van der Waals surface area contributed by atoms with E-state index in [2.05, 4.69) is 5.32 Å². The molecule has 0 unspecified atom stereocenters. The lowest BCUT2D eigenvalue weighted by Gasteiger charge is -2.12. The van der Waals surface area contributed by atoms with Crippen LogP contribution in [0.4, 0.5) is 5.69 Å². The van der Waals surface area contributed by atoms with E-state index in [9.17, 15) is 0 Å². The molecule has 2 aromatic carbocycles. The van der Waals surface area contributed by atoms with Crippen molar-refractivity contribution in [3.8, 4) is 5.75 Å². The molecule has 1 heterocycles. The van der Waals surface area contributed by atoms with Crippen molar-refractivity contribution in [1.82, 2.24) is 0 Å². The summed E-state index contributed by atoms with van der Waals surface area (Å²) in [7, 11) is 0. The molecule has 80 valence electrons. The topological polar surface area (TPSA) is 21.3 Å². The van der Waals surface area contributed by atoms with Gasteiger partial charge >= 0.3 is 0 Å². The number of hydrogen-bond acceptors (Lipinski definition) is 2. The third-order valence-electron chi connectivity index (χ3n) is 2.61. The second kappa shape index (κ2) is 3.72. The first-order chi connectivity index (χ1) is 7.84. The summed E-state index contributed by atoms with van der Waals surface area (Å²) in [6.07, 6.45) is -0.189. The molecule has 1 atom stereocenters. The van der Waals surface area contributed by atoms with Crippen LogP contribution in [-0.4, -0.2) is 0 Å². The summed E-state index contributed by atoms with van der Waals surface area (Å²) >= 11 is 6.13. The molecule has 2 nitrogen and oxygen atoms in total. The number of rotatable bonds is 1. The third kappa shape index (κ3) is 1.51. The van der Waals surface area contributed by atoms with Crippen molar-refractivity contribution in [3.63, 3.8) is 0 Å². The van der Waals surface area contributed by atoms with Crippen molar-refractivity contribution >= 4 is 17.3 Å². The highest BCUT2D eigenvalue weighted by atomic mass is 35.5. The van der Waals surface area contributed by atoms with Crippen molar-refractivity contribution in [2.24, 2.45) is 0 Å². The molecule has 3 heteroatoms. The number of ether oxygens (including phenoxy) is 1. The fourth-order valence-electron chi connectivity index (χ4n) is 1.82. The predicted molar refractivity (Wildman–Crippen MR) is 64.9 cm³/mol. The zero-order valence-electron chi connectivity index (χ0n) is 8.48. The van der Waals surface area contributed by atoms with Crippen molar-refractivity contribution in [3.05, 3.63) is 59.1 Å². The Hall–Kier alpha value is -1.67. The lowest BCUT2D eigenvalue weighted by atomic mass is 10.2. The molecule has 0 saturated heterocycles. The van der Waals surface area contributed by atoms with E-state index in [0.717, 1.165) is 17.0 Å². The van der Waals surface area contributed by atoms with Crippen LogP contribution in [0.2, 0.25) is 5.02 Å². The Kier molecular flexibility index (Phi) is 2.22. The Balaban J connectivity index is 1.95. The number of para-hydroxylation sites is 2. The molecule has 0 fully saturated rings. The van der Waals surface area contributed by atoms with Crippen LogP contribution in [0.5, 0.6) is 5.75 Å². The highest BCUT2D eigenvalue weighted by Crippen LogP contribution is 2.38.